The fourth-order valence-corrected chi connectivity index (χ4v) is 0.479. The molecule has 0 aliphatic rings. The van der Waals surface area contributed by atoms with Crippen molar-refractivity contribution in [2.75, 3.05) is 13.0 Å². The Morgan fingerprint density at radius 2 is 2.20 bits per heavy atom. The zero-order valence-electron chi connectivity index (χ0n) is 5.33. The maximum absolute atomic E-state index is 10.2. The quantitative estimate of drug-likeness (QED) is 0.529. The van der Waals surface area contributed by atoms with Gasteiger partial charge in [-0.1, -0.05) is 0 Å². The summed E-state index contributed by atoms with van der Waals surface area (Å²) >= 11 is 0. The molecule has 60 valence electrons. The molecule has 10 heavy (non-hydrogen) atoms. The number of sulfonamides is 1. The van der Waals surface area contributed by atoms with E-state index < -0.39 is 22.1 Å². The Hall–Kier alpha value is -0.820. The van der Waals surface area contributed by atoms with Gasteiger partial charge in [-0.15, -0.1) is 0 Å². The zero-order valence-corrected chi connectivity index (χ0v) is 6.14. The fourth-order valence-electron chi connectivity index (χ4n) is 0.208. The van der Waals surface area contributed by atoms with E-state index >= 15 is 0 Å². The normalized spacial score (nSPS) is 10.6. The number of carbonyl (C=O) groups excluding carboxylic acids is 1. The van der Waals surface area contributed by atoms with E-state index in [4.69, 9.17) is 0 Å². The Balaban J connectivity index is 3.67. The lowest BCUT2D eigenvalue weighted by atomic mass is 11.1. The van der Waals surface area contributed by atoms with Crippen LogP contribution in [0.5, 0.6) is 0 Å². The Morgan fingerprint density at radius 1 is 1.70 bits per heavy atom. The minimum Gasteiger partial charge on any atom is -0.432 e. The molecule has 0 unspecified atom stereocenters. The second-order valence-corrected chi connectivity index (χ2v) is 3.02. The van der Waals surface area contributed by atoms with Crippen LogP contribution in [0.4, 0.5) is 4.79 Å². The highest BCUT2D eigenvalue weighted by Crippen LogP contribution is 1.80. The fraction of sp³-hybridized carbons (Fsp3) is 0.667. The van der Waals surface area contributed by atoms with Crippen molar-refractivity contribution in [3.63, 3.8) is 0 Å². The van der Waals surface area contributed by atoms with E-state index in [1.165, 1.54) is 7.05 Å². The van der Waals surface area contributed by atoms with E-state index in [1.807, 2.05) is 0 Å². The van der Waals surface area contributed by atoms with Crippen molar-refractivity contribution in [2.24, 2.45) is 5.14 Å². The molecule has 6 nitrogen and oxygen atoms in total. The molecule has 0 aliphatic heterocycles. The molecule has 0 rings (SSSR count). The number of hydrogen-bond acceptors (Lipinski definition) is 4. The van der Waals surface area contributed by atoms with E-state index in [0.29, 0.717) is 0 Å². The first-order valence-electron chi connectivity index (χ1n) is 2.30. The van der Waals surface area contributed by atoms with Gasteiger partial charge in [0, 0.05) is 7.05 Å². The van der Waals surface area contributed by atoms with Crippen LogP contribution in [0.1, 0.15) is 0 Å². The summed E-state index contributed by atoms with van der Waals surface area (Å²) in [6.07, 6.45) is -0.825. The third kappa shape index (κ3) is 5.32. The van der Waals surface area contributed by atoms with Crippen LogP contribution < -0.4 is 10.5 Å². The Labute approximate surface area is 58.4 Å². The number of alkyl carbamates (subject to hydrolysis) is 1. The summed E-state index contributed by atoms with van der Waals surface area (Å²) in [5, 5.41) is 6.56. The van der Waals surface area contributed by atoms with Gasteiger partial charge in [0.15, 0.2) is 0 Å². The molecule has 0 atom stereocenters. The van der Waals surface area contributed by atoms with Crippen molar-refractivity contribution >= 4 is 16.1 Å². The van der Waals surface area contributed by atoms with E-state index in [2.05, 4.69) is 15.2 Å². The predicted octanol–water partition coefficient (Wildman–Crippen LogP) is -1.41. The lowest BCUT2D eigenvalue weighted by molar-refractivity contribution is 0.166. The molecule has 0 fully saturated rings. The van der Waals surface area contributed by atoms with Crippen molar-refractivity contribution in [3.8, 4) is 0 Å². The van der Waals surface area contributed by atoms with Crippen molar-refractivity contribution < 1.29 is 17.9 Å². The first kappa shape index (κ1) is 9.18. The third-order valence-corrected chi connectivity index (χ3v) is 1.00. The van der Waals surface area contributed by atoms with Gasteiger partial charge < -0.3 is 10.1 Å². The number of nitrogens with one attached hydrogen (secondary N) is 1. The highest BCUT2D eigenvalue weighted by molar-refractivity contribution is 7.88. The topological polar surface area (TPSA) is 98.5 Å². The highest BCUT2D eigenvalue weighted by Gasteiger charge is 2.05. The maximum Gasteiger partial charge on any atom is 0.407 e. The Kier molecular flexibility index (Phi) is 3.10. The van der Waals surface area contributed by atoms with E-state index in [0.717, 1.165) is 0 Å². The van der Waals surface area contributed by atoms with Gasteiger partial charge in [-0.25, -0.2) is 18.4 Å². The molecule has 0 aromatic carbocycles. The first-order valence-corrected chi connectivity index (χ1v) is 4.02. The molecule has 0 radical (unpaired) electrons. The van der Waals surface area contributed by atoms with Gasteiger partial charge in [-0.2, -0.15) is 0 Å². The lowest BCUT2D eigenvalue weighted by Crippen LogP contribution is -2.26. The molecule has 3 N–H and O–H groups in total. The van der Waals surface area contributed by atoms with Crippen molar-refractivity contribution in [3.05, 3.63) is 0 Å². The van der Waals surface area contributed by atoms with E-state index in [-0.39, 0.29) is 0 Å². The van der Waals surface area contributed by atoms with E-state index in [9.17, 15) is 13.2 Å². The molecule has 0 heterocycles. The summed E-state index contributed by atoms with van der Waals surface area (Å²) in [7, 11) is -2.40. The lowest BCUT2D eigenvalue weighted by Gasteiger charge is -1.99. The van der Waals surface area contributed by atoms with Crippen LogP contribution in [0.3, 0.4) is 0 Å². The second kappa shape index (κ2) is 3.37. The minimum absolute atomic E-state index is 0.799. The summed E-state index contributed by atoms with van der Waals surface area (Å²) in [5.74, 6) is -0.799. The number of ether oxygens (including phenoxy) is 1. The average molecular weight is 168 g/mol. The van der Waals surface area contributed by atoms with Gasteiger partial charge in [-0.3, -0.25) is 0 Å². The third-order valence-electron chi connectivity index (χ3n) is 0.558. The van der Waals surface area contributed by atoms with Gasteiger partial charge in [0.1, 0.15) is 0 Å². The summed E-state index contributed by atoms with van der Waals surface area (Å²) in [5.41, 5.74) is 0. The van der Waals surface area contributed by atoms with Crippen LogP contribution in [0, 0.1) is 0 Å². The number of hydrogen-bond donors (Lipinski definition) is 2. The maximum atomic E-state index is 10.2. The number of rotatable bonds is 2. The first-order chi connectivity index (χ1) is 4.45. The molecule has 1 amide bonds. The second-order valence-electron chi connectivity index (χ2n) is 1.46. The number of amides is 1. The van der Waals surface area contributed by atoms with Gasteiger partial charge in [-0.05, 0) is 0 Å². The molecule has 0 aromatic heterocycles. The van der Waals surface area contributed by atoms with Crippen LogP contribution in [0.2, 0.25) is 0 Å². The van der Waals surface area contributed by atoms with E-state index in [1.54, 1.807) is 0 Å². The molecule has 0 aliphatic carbocycles. The van der Waals surface area contributed by atoms with Gasteiger partial charge >= 0.3 is 6.09 Å². The monoisotopic (exact) mass is 168 g/mol. The van der Waals surface area contributed by atoms with Crippen LogP contribution >= 0.6 is 0 Å². The number of nitrogens with two attached hydrogens (primary N) is 1. The summed E-state index contributed by atoms with van der Waals surface area (Å²) < 4.78 is 24.3. The molecular formula is C3H8N2O4S. The zero-order chi connectivity index (χ0) is 8.20. The number of carbonyl (C=O) groups is 1. The largest absolute Gasteiger partial charge is 0.432 e. The van der Waals surface area contributed by atoms with Crippen molar-refractivity contribution in [1.82, 2.24) is 5.32 Å². The van der Waals surface area contributed by atoms with Gasteiger partial charge in [0.05, 0.1) is 0 Å². The Bertz CT molecular complexity index is 209. The van der Waals surface area contributed by atoms with Crippen LogP contribution in [-0.2, 0) is 14.8 Å². The summed E-state index contributed by atoms with van der Waals surface area (Å²) in [6, 6.07) is 0. The molecule has 0 spiro atoms. The number of primary sulfonamides is 1. The summed E-state index contributed by atoms with van der Waals surface area (Å²) in [4.78, 5) is 10.2. The predicted molar refractivity (Wildman–Crippen MR) is 33.5 cm³/mol. The standard InChI is InChI=1S/C3H8N2O4S/c1-5-3(6)9-2-10(4,7)8/h2H2,1H3,(H,5,6)(H2,4,7,8). The molecular weight excluding hydrogens is 160 g/mol. The minimum atomic E-state index is -3.71. The van der Waals surface area contributed by atoms with Crippen LogP contribution in [0.25, 0.3) is 0 Å². The molecule has 0 saturated heterocycles. The smallest absolute Gasteiger partial charge is 0.407 e. The average Bonchev–Trinajstić information content (AvgIpc) is 1.81. The Morgan fingerprint density at radius 3 is 2.50 bits per heavy atom. The molecule has 0 bridgehead atoms. The van der Waals surface area contributed by atoms with Crippen LogP contribution in [-0.4, -0.2) is 27.5 Å². The summed E-state index contributed by atoms with van der Waals surface area (Å²) in [6.45, 7) is 0. The van der Waals surface area contributed by atoms with Gasteiger partial charge in [0.2, 0.25) is 16.0 Å². The van der Waals surface area contributed by atoms with Crippen molar-refractivity contribution in [2.45, 2.75) is 0 Å². The molecule has 0 saturated carbocycles. The SMILES string of the molecule is CNC(=O)OCS(N)(=O)=O. The van der Waals surface area contributed by atoms with Crippen LogP contribution in [0.15, 0.2) is 0 Å². The molecule has 7 heteroatoms. The highest BCUT2D eigenvalue weighted by atomic mass is 32.2. The van der Waals surface area contributed by atoms with Gasteiger partial charge in [0.25, 0.3) is 0 Å². The molecule has 0 aromatic rings. The van der Waals surface area contributed by atoms with Crippen molar-refractivity contribution in [1.29, 1.82) is 0 Å².